The molecular formula is C26H26N2O4S. The number of aliphatic carboxylic acids is 1. The van der Waals surface area contributed by atoms with Gasteiger partial charge >= 0.3 is 5.97 Å². The molecule has 0 fully saturated rings. The molecule has 3 aromatic carbocycles. The molecule has 0 aliphatic heterocycles. The fraction of sp³-hybridized carbons (Fsp3) is 0.231. The highest BCUT2D eigenvalue weighted by Crippen LogP contribution is 2.30. The van der Waals surface area contributed by atoms with Crippen LogP contribution in [0.25, 0.3) is 10.2 Å². The van der Waals surface area contributed by atoms with Gasteiger partial charge in [-0.3, -0.25) is 0 Å². The van der Waals surface area contributed by atoms with E-state index >= 15 is 0 Å². The van der Waals surface area contributed by atoms with E-state index in [4.69, 9.17) is 14.5 Å². The number of carbonyl (C=O) groups is 1. The van der Waals surface area contributed by atoms with Crippen molar-refractivity contribution in [3.8, 4) is 11.5 Å². The number of aromatic nitrogens is 1. The standard InChI is InChI=1S/C26H26N2O4S/c1-2-23(25(29)30)32-21-12-8-9-19(17-21)18-28(15-16-31-20-10-4-3-5-11-20)26-27-22-13-6-7-14-24(22)33-26/h3-14,17,23H,2,15-16,18H2,1H3,(H,29,30). The van der Waals surface area contributed by atoms with Gasteiger partial charge in [-0.05, 0) is 48.4 Å². The Morgan fingerprint density at radius 2 is 1.79 bits per heavy atom. The highest BCUT2D eigenvalue weighted by Gasteiger charge is 2.18. The highest BCUT2D eigenvalue weighted by atomic mass is 32.1. The summed E-state index contributed by atoms with van der Waals surface area (Å²) in [6, 6.07) is 25.4. The average Bonchev–Trinajstić information content (AvgIpc) is 3.27. The lowest BCUT2D eigenvalue weighted by Gasteiger charge is -2.22. The minimum absolute atomic E-state index is 0.397. The van der Waals surface area contributed by atoms with Gasteiger partial charge in [-0.15, -0.1) is 0 Å². The van der Waals surface area contributed by atoms with E-state index < -0.39 is 12.1 Å². The van der Waals surface area contributed by atoms with E-state index in [0.717, 1.165) is 26.7 Å². The van der Waals surface area contributed by atoms with E-state index in [0.29, 0.717) is 31.9 Å². The number of anilines is 1. The van der Waals surface area contributed by atoms with Crippen molar-refractivity contribution in [3.63, 3.8) is 0 Å². The highest BCUT2D eigenvalue weighted by molar-refractivity contribution is 7.22. The molecule has 0 amide bonds. The van der Waals surface area contributed by atoms with Crippen molar-refractivity contribution in [2.24, 2.45) is 0 Å². The molecule has 0 aliphatic rings. The summed E-state index contributed by atoms with van der Waals surface area (Å²) < 4.78 is 12.7. The molecule has 1 aromatic heterocycles. The van der Waals surface area contributed by atoms with Crippen LogP contribution < -0.4 is 14.4 Å². The maximum absolute atomic E-state index is 11.3. The monoisotopic (exact) mass is 462 g/mol. The molecule has 1 N–H and O–H groups in total. The smallest absolute Gasteiger partial charge is 0.344 e. The third-order valence-electron chi connectivity index (χ3n) is 5.12. The summed E-state index contributed by atoms with van der Waals surface area (Å²) >= 11 is 1.64. The summed E-state index contributed by atoms with van der Waals surface area (Å²) in [7, 11) is 0. The van der Waals surface area contributed by atoms with Gasteiger partial charge in [-0.2, -0.15) is 0 Å². The fourth-order valence-corrected chi connectivity index (χ4v) is 4.43. The van der Waals surface area contributed by atoms with Crippen LogP contribution in [0, 0.1) is 0 Å². The van der Waals surface area contributed by atoms with Crippen LogP contribution in [0.15, 0.2) is 78.9 Å². The van der Waals surface area contributed by atoms with Gasteiger partial charge in [-0.25, -0.2) is 9.78 Å². The van der Waals surface area contributed by atoms with E-state index in [1.165, 1.54) is 0 Å². The first-order valence-corrected chi connectivity index (χ1v) is 11.7. The summed E-state index contributed by atoms with van der Waals surface area (Å²) in [5.74, 6) is 0.417. The van der Waals surface area contributed by atoms with Gasteiger partial charge in [-0.1, -0.05) is 60.7 Å². The maximum Gasteiger partial charge on any atom is 0.344 e. The first-order valence-electron chi connectivity index (χ1n) is 10.9. The predicted molar refractivity (Wildman–Crippen MR) is 131 cm³/mol. The second kappa shape index (κ2) is 10.8. The van der Waals surface area contributed by atoms with Crippen molar-refractivity contribution in [3.05, 3.63) is 84.4 Å². The molecule has 0 aliphatic carbocycles. The molecule has 0 saturated carbocycles. The van der Waals surface area contributed by atoms with Crippen molar-refractivity contribution in [1.82, 2.24) is 4.98 Å². The van der Waals surface area contributed by atoms with Crippen molar-refractivity contribution in [2.75, 3.05) is 18.1 Å². The number of fused-ring (bicyclic) bond motifs is 1. The lowest BCUT2D eigenvalue weighted by molar-refractivity contribution is -0.145. The van der Waals surface area contributed by atoms with Crippen molar-refractivity contribution in [1.29, 1.82) is 0 Å². The number of rotatable bonds is 11. The van der Waals surface area contributed by atoms with E-state index in [1.807, 2.05) is 66.7 Å². The summed E-state index contributed by atoms with van der Waals surface area (Å²) in [5, 5.41) is 10.2. The summed E-state index contributed by atoms with van der Waals surface area (Å²) in [6.07, 6.45) is -0.464. The third kappa shape index (κ3) is 6.02. The number of nitrogens with zero attached hydrogens (tertiary/aromatic N) is 2. The number of hydrogen-bond acceptors (Lipinski definition) is 6. The van der Waals surface area contributed by atoms with E-state index in [-0.39, 0.29) is 0 Å². The van der Waals surface area contributed by atoms with Gasteiger partial charge in [0.1, 0.15) is 18.1 Å². The number of benzene rings is 3. The Morgan fingerprint density at radius 3 is 2.55 bits per heavy atom. The van der Waals surface area contributed by atoms with Crippen LogP contribution in [-0.2, 0) is 11.3 Å². The third-order valence-corrected chi connectivity index (χ3v) is 6.22. The second-order valence-electron chi connectivity index (χ2n) is 7.55. The Bertz CT molecular complexity index is 1160. The number of carboxylic acid groups (broad SMARTS) is 1. The van der Waals surface area contributed by atoms with Crippen LogP contribution in [0.2, 0.25) is 0 Å². The van der Waals surface area contributed by atoms with Crippen molar-refractivity contribution < 1.29 is 19.4 Å². The van der Waals surface area contributed by atoms with Crippen LogP contribution in [0.1, 0.15) is 18.9 Å². The Morgan fingerprint density at radius 1 is 1.03 bits per heavy atom. The van der Waals surface area contributed by atoms with Crippen LogP contribution in [0.4, 0.5) is 5.13 Å². The predicted octanol–water partition coefficient (Wildman–Crippen LogP) is 5.62. The second-order valence-corrected chi connectivity index (χ2v) is 8.56. The van der Waals surface area contributed by atoms with E-state index in [2.05, 4.69) is 11.0 Å². The molecule has 0 bridgehead atoms. The van der Waals surface area contributed by atoms with Crippen LogP contribution in [0.5, 0.6) is 11.5 Å². The number of carboxylic acids is 1. The molecular weight excluding hydrogens is 436 g/mol. The SMILES string of the molecule is CCC(Oc1cccc(CN(CCOc2ccccc2)c2nc3ccccc3s2)c1)C(=O)O. The molecule has 0 saturated heterocycles. The van der Waals surface area contributed by atoms with Gasteiger partial charge in [0.2, 0.25) is 0 Å². The largest absolute Gasteiger partial charge is 0.492 e. The fourth-order valence-electron chi connectivity index (χ4n) is 3.44. The van der Waals surface area contributed by atoms with Crippen LogP contribution in [0.3, 0.4) is 0 Å². The Hall–Kier alpha value is -3.58. The van der Waals surface area contributed by atoms with Gasteiger partial charge < -0.3 is 19.5 Å². The molecule has 170 valence electrons. The molecule has 1 unspecified atom stereocenters. The first kappa shape index (κ1) is 22.6. The molecule has 4 aromatic rings. The zero-order chi connectivity index (χ0) is 23.0. The zero-order valence-corrected chi connectivity index (χ0v) is 19.2. The molecule has 33 heavy (non-hydrogen) atoms. The molecule has 0 spiro atoms. The normalized spacial score (nSPS) is 11.8. The zero-order valence-electron chi connectivity index (χ0n) is 18.4. The summed E-state index contributed by atoms with van der Waals surface area (Å²) in [5.41, 5.74) is 1.97. The van der Waals surface area contributed by atoms with Crippen molar-refractivity contribution in [2.45, 2.75) is 26.0 Å². The van der Waals surface area contributed by atoms with Gasteiger partial charge in [0.15, 0.2) is 11.2 Å². The molecule has 6 nitrogen and oxygen atoms in total. The molecule has 1 heterocycles. The first-order chi connectivity index (χ1) is 16.1. The lowest BCUT2D eigenvalue weighted by atomic mass is 10.2. The number of thiazole rings is 1. The topological polar surface area (TPSA) is 71.9 Å². The maximum atomic E-state index is 11.3. The Balaban J connectivity index is 1.52. The number of hydrogen-bond donors (Lipinski definition) is 1. The number of ether oxygens (including phenoxy) is 2. The van der Waals surface area contributed by atoms with Crippen molar-refractivity contribution >= 4 is 32.7 Å². The quantitative estimate of drug-likeness (QED) is 0.312. The average molecular weight is 463 g/mol. The van der Waals surface area contributed by atoms with Crippen LogP contribution >= 0.6 is 11.3 Å². The molecule has 0 radical (unpaired) electrons. The Kier molecular flexibility index (Phi) is 7.42. The molecule has 4 rings (SSSR count). The molecule has 7 heteroatoms. The minimum atomic E-state index is -0.961. The lowest BCUT2D eigenvalue weighted by Crippen LogP contribution is -2.28. The van der Waals surface area contributed by atoms with E-state index in [1.54, 1.807) is 24.3 Å². The molecule has 1 atom stereocenters. The Labute approximate surface area is 197 Å². The minimum Gasteiger partial charge on any atom is -0.492 e. The number of para-hydroxylation sites is 2. The van der Waals surface area contributed by atoms with Crippen LogP contribution in [-0.4, -0.2) is 35.3 Å². The summed E-state index contributed by atoms with van der Waals surface area (Å²) in [6.45, 7) is 3.54. The van der Waals surface area contributed by atoms with Gasteiger partial charge in [0.05, 0.1) is 16.8 Å². The van der Waals surface area contributed by atoms with E-state index in [9.17, 15) is 9.90 Å². The van der Waals surface area contributed by atoms with Gasteiger partial charge in [0.25, 0.3) is 0 Å². The van der Waals surface area contributed by atoms with Gasteiger partial charge in [0, 0.05) is 6.54 Å². The summed E-state index contributed by atoms with van der Waals surface area (Å²) in [4.78, 5) is 18.4.